The van der Waals surface area contributed by atoms with Gasteiger partial charge in [0, 0.05) is 23.9 Å². The maximum atomic E-state index is 12.8. The Kier molecular flexibility index (Phi) is 4.95. The first kappa shape index (κ1) is 18.0. The minimum absolute atomic E-state index is 0.0234. The smallest absolute Gasteiger partial charge is 0.335 e. The molecular formula is C17H20N2O4S2. The van der Waals surface area contributed by atoms with Gasteiger partial charge in [-0.1, -0.05) is 6.07 Å². The van der Waals surface area contributed by atoms with Crippen LogP contribution in [0, 0.1) is 13.8 Å². The largest absolute Gasteiger partial charge is 0.478 e. The van der Waals surface area contributed by atoms with Crippen LogP contribution in [0.5, 0.6) is 0 Å². The highest BCUT2D eigenvalue weighted by Gasteiger charge is 2.31. The van der Waals surface area contributed by atoms with Gasteiger partial charge >= 0.3 is 5.97 Å². The van der Waals surface area contributed by atoms with Crippen molar-refractivity contribution in [3.8, 4) is 0 Å². The van der Waals surface area contributed by atoms with Gasteiger partial charge in [0.15, 0.2) is 0 Å². The quantitative estimate of drug-likeness (QED) is 0.881. The normalized spacial score (nSPS) is 16.9. The molecule has 3 rings (SSSR count). The molecular weight excluding hydrogens is 360 g/mol. The van der Waals surface area contributed by atoms with E-state index in [1.165, 1.54) is 33.4 Å². The zero-order valence-corrected chi connectivity index (χ0v) is 15.7. The molecule has 0 unspecified atom stereocenters. The number of benzene rings is 1. The molecule has 2 aromatic rings. The Morgan fingerprint density at radius 2 is 1.96 bits per heavy atom. The van der Waals surface area contributed by atoms with Crippen LogP contribution in [0.1, 0.15) is 44.7 Å². The zero-order chi connectivity index (χ0) is 18.2. The Hall–Kier alpha value is -1.77. The van der Waals surface area contributed by atoms with E-state index in [1.807, 2.05) is 13.8 Å². The van der Waals surface area contributed by atoms with Gasteiger partial charge in [-0.25, -0.2) is 18.2 Å². The summed E-state index contributed by atoms with van der Waals surface area (Å²) in [6, 6.07) is 5.52. The van der Waals surface area contributed by atoms with Crippen molar-refractivity contribution in [1.82, 2.24) is 9.29 Å². The minimum Gasteiger partial charge on any atom is -0.478 e. The summed E-state index contributed by atoms with van der Waals surface area (Å²) in [5.41, 5.74) is 1.02. The lowest BCUT2D eigenvalue weighted by Gasteiger charge is -2.30. The maximum Gasteiger partial charge on any atom is 0.335 e. The summed E-state index contributed by atoms with van der Waals surface area (Å²) in [6.45, 7) is 4.87. The predicted octanol–water partition coefficient (Wildman–Crippen LogP) is 3.03. The highest BCUT2D eigenvalue weighted by molar-refractivity contribution is 7.89. The fourth-order valence-corrected chi connectivity index (χ4v) is 5.56. The van der Waals surface area contributed by atoms with Gasteiger partial charge in [0.25, 0.3) is 0 Å². The third kappa shape index (κ3) is 3.61. The minimum atomic E-state index is -3.67. The van der Waals surface area contributed by atoms with E-state index < -0.39 is 16.0 Å². The van der Waals surface area contributed by atoms with Crippen LogP contribution < -0.4 is 0 Å². The van der Waals surface area contributed by atoms with Gasteiger partial charge in [0.05, 0.1) is 21.2 Å². The van der Waals surface area contributed by atoms with Gasteiger partial charge in [-0.3, -0.25) is 0 Å². The molecule has 6 nitrogen and oxygen atoms in total. The van der Waals surface area contributed by atoms with Crippen molar-refractivity contribution < 1.29 is 18.3 Å². The molecule has 0 radical (unpaired) electrons. The third-order valence-corrected chi connectivity index (χ3v) is 7.70. The number of carboxylic acid groups (broad SMARTS) is 1. The van der Waals surface area contributed by atoms with E-state index in [9.17, 15) is 13.2 Å². The monoisotopic (exact) mass is 380 g/mol. The number of aryl methyl sites for hydroxylation is 2. The van der Waals surface area contributed by atoms with E-state index in [-0.39, 0.29) is 16.4 Å². The second-order valence-electron chi connectivity index (χ2n) is 6.21. The Labute approximate surface area is 151 Å². The molecule has 1 N–H and O–H groups in total. The number of hydrogen-bond acceptors (Lipinski definition) is 5. The molecule has 25 heavy (non-hydrogen) atoms. The number of piperidine rings is 1. The van der Waals surface area contributed by atoms with Crippen LogP contribution >= 0.6 is 11.3 Å². The third-order valence-electron chi connectivity index (χ3n) is 4.57. The fourth-order valence-electron chi connectivity index (χ4n) is 2.95. The molecule has 1 aromatic carbocycles. The van der Waals surface area contributed by atoms with Crippen molar-refractivity contribution >= 4 is 27.3 Å². The molecule has 0 saturated carbocycles. The molecule has 134 valence electrons. The molecule has 1 saturated heterocycles. The summed E-state index contributed by atoms with van der Waals surface area (Å²) in [6.07, 6.45) is 1.45. The van der Waals surface area contributed by atoms with Gasteiger partial charge in [0.2, 0.25) is 10.0 Å². The van der Waals surface area contributed by atoms with Gasteiger partial charge in [-0.15, -0.1) is 11.3 Å². The van der Waals surface area contributed by atoms with E-state index in [2.05, 4.69) is 4.98 Å². The molecule has 1 aliphatic rings. The zero-order valence-electron chi connectivity index (χ0n) is 14.1. The van der Waals surface area contributed by atoms with Crippen molar-refractivity contribution in [2.75, 3.05) is 13.1 Å². The standard InChI is InChI=1S/C17H20N2O4S2/c1-11-12(2)24-16(18-11)13-6-8-19(9-7-13)25(22,23)15-5-3-4-14(10-15)17(20)21/h3-5,10,13H,6-9H2,1-2H3,(H,20,21). The van der Waals surface area contributed by atoms with Crippen molar-refractivity contribution in [3.05, 3.63) is 45.4 Å². The van der Waals surface area contributed by atoms with Crippen LogP contribution in [0.25, 0.3) is 0 Å². The Balaban J connectivity index is 1.75. The Morgan fingerprint density at radius 1 is 1.28 bits per heavy atom. The summed E-state index contributed by atoms with van der Waals surface area (Å²) >= 11 is 1.69. The van der Waals surface area contributed by atoms with Crippen molar-refractivity contribution in [2.45, 2.75) is 37.5 Å². The number of sulfonamides is 1. The van der Waals surface area contributed by atoms with Crippen LogP contribution in [0.3, 0.4) is 0 Å². The van der Waals surface area contributed by atoms with E-state index in [0.717, 1.165) is 23.5 Å². The van der Waals surface area contributed by atoms with E-state index in [0.29, 0.717) is 13.1 Å². The highest BCUT2D eigenvalue weighted by Crippen LogP contribution is 2.34. The van der Waals surface area contributed by atoms with Crippen molar-refractivity contribution in [1.29, 1.82) is 0 Å². The lowest BCUT2D eigenvalue weighted by atomic mass is 9.99. The number of aromatic nitrogens is 1. The molecule has 1 aromatic heterocycles. The van der Waals surface area contributed by atoms with Gasteiger partial charge in [-0.05, 0) is 44.9 Å². The molecule has 2 heterocycles. The van der Waals surface area contributed by atoms with Gasteiger partial charge < -0.3 is 5.11 Å². The second-order valence-corrected chi connectivity index (χ2v) is 9.38. The molecule has 0 atom stereocenters. The first-order chi connectivity index (χ1) is 11.8. The van der Waals surface area contributed by atoms with Crippen LogP contribution in [-0.4, -0.2) is 41.9 Å². The lowest BCUT2D eigenvalue weighted by Crippen LogP contribution is -2.37. The number of carboxylic acids is 1. The number of thiazole rings is 1. The van der Waals surface area contributed by atoms with E-state index >= 15 is 0 Å². The second kappa shape index (κ2) is 6.86. The maximum absolute atomic E-state index is 12.8. The first-order valence-corrected chi connectivity index (χ1v) is 10.3. The molecule has 1 aliphatic heterocycles. The molecule has 0 aliphatic carbocycles. The number of aromatic carboxylic acids is 1. The number of rotatable bonds is 4. The fraction of sp³-hybridized carbons (Fsp3) is 0.412. The molecule has 8 heteroatoms. The summed E-state index contributed by atoms with van der Waals surface area (Å²) in [4.78, 5) is 16.9. The molecule has 0 spiro atoms. The SMILES string of the molecule is Cc1nc(C2CCN(S(=O)(=O)c3cccc(C(=O)O)c3)CC2)sc1C. The number of hydrogen-bond donors (Lipinski definition) is 1. The first-order valence-electron chi connectivity index (χ1n) is 8.06. The summed E-state index contributed by atoms with van der Waals surface area (Å²) in [7, 11) is -3.67. The Bertz CT molecular complexity index is 878. The van der Waals surface area contributed by atoms with E-state index in [4.69, 9.17) is 5.11 Å². The topological polar surface area (TPSA) is 87.6 Å². The van der Waals surface area contributed by atoms with Crippen molar-refractivity contribution in [2.24, 2.45) is 0 Å². The van der Waals surface area contributed by atoms with Crippen molar-refractivity contribution in [3.63, 3.8) is 0 Å². The van der Waals surface area contributed by atoms with Gasteiger partial charge in [0.1, 0.15) is 0 Å². The molecule has 0 bridgehead atoms. The predicted molar refractivity (Wildman–Crippen MR) is 95.7 cm³/mol. The van der Waals surface area contributed by atoms with Crippen LogP contribution in [0.15, 0.2) is 29.2 Å². The molecule has 0 amide bonds. The van der Waals surface area contributed by atoms with Gasteiger partial charge in [-0.2, -0.15) is 4.31 Å². The van der Waals surface area contributed by atoms with Crippen LogP contribution in [0.2, 0.25) is 0 Å². The summed E-state index contributed by atoms with van der Waals surface area (Å²) in [5.74, 6) is -0.848. The van der Waals surface area contributed by atoms with E-state index in [1.54, 1.807) is 11.3 Å². The molecule has 1 fully saturated rings. The van der Waals surface area contributed by atoms with Crippen LogP contribution in [-0.2, 0) is 10.0 Å². The number of nitrogens with zero attached hydrogens (tertiary/aromatic N) is 2. The summed E-state index contributed by atoms with van der Waals surface area (Å²) in [5, 5.41) is 10.1. The Morgan fingerprint density at radius 3 is 2.52 bits per heavy atom. The average Bonchev–Trinajstić information content (AvgIpc) is 2.94. The van der Waals surface area contributed by atoms with Crippen LogP contribution in [0.4, 0.5) is 0 Å². The number of carbonyl (C=O) groups is 1. The highest BCUT2D eigenvalue weighted by atomic mass is 32.2. The summed E-state index contributed by atoms with van der Waals surface area (Å²) < 4.78 is 27.0. The lowest BCUT2D eigenvalue weighted by molar-refractivity contribution is 0.0696. The average molecular weight is 380 g/mol.